The summed E-state index contributed by atoms with van der Waals surface area (Å²) in [6.45, 7) is 0.0573. The van der Waals surface area contributed by atoms with Crippen molar-refractivity contribution < 1.29 is 24.2 Å². The Morgan fingerprint density at radius 3 is 2.65 bits per heavy atom. The van der Waals surface area contributed by atoms with Gasteiger partial charge in [0.25, 0.3) is 5.91 Å². The molecule has 7 heteroatoms. The molecule has 2 N–H and O–H groups in total. The highest BCUT2D eigenvalue weighted by Crippen LogP contribution is 2.31. The number of halogens is 1. The molecule has 1 aliphatic heterocycles. The predicted octanol–water partition coefficient (Wildman–Crippen LogP) is 2.93. The molecule has 0 fully saturated rings. The number of aromatic carboxylic acids is 1. The van der Waals surface area contributed by atoms with E-state index in [1.807, 2.05) is 6.07 Å². The topological polar surface area (TPSA) is 84.9 Å². The summed E-state index contributed by atoms with van der Waals surface area (Å²) in [5.74, 6) is -0.545. The lowest BCUT2D eigenvalue weighted by molar-refractivity contribution is -0.125. The van der Waals surface area contributed by atoms with Crippen molar-refractivity contribution >= 4 is 33.5 Å². The summed E-state index contributed by atoms with van der Waals surface area (Å²) in [5.41, 5.74) is 0.193. The standard InChI is InChI=1S/C16H12BrNO5/c17-9-5-6-11(10(7-9)16(20)21)18-15(19)14-8-22-12-3-1-2-4-13(12)23-14/h1-7,14H,8H2,(H,18,19)(H,20,21). The van der Waals surface area contributed by atoms with Gasteiger partial charge in [-0.15, -0.1) is 0 Å². The molecule has 1 amide bonds. The van der Waals surface area contributed by atoms with E-state index in [9.17, 15) is 14.7 Å². The summed E-state index contributed by atoms with van der Waals surface area (Å²) in [5, 5.41) is 11.8. The molecule has 0 radical (unpaired) electrons. The third-order valence-corrected chi connectivity index (χ3v) is 3.76. The number of hydrogen-bond donors (Lipinski definition) is 2. The first-order chi connectivity index (χ1) is 11.0. The number of benzene rings is 2. The molecular formula is C16H12BrNO5. The van der Waals surface area contributed by atoms with Crippen molar-refractivity contribution in [1.29, 1.82) is 0 Å². The van der Waals surface area contributed by atoms with E-state index < -0.39 is 18.0 Å². The fourth-order valence-electron chi connectivity index (χ4n) is 2.16. The zero-order valence-electron chi connectivity index (χ0n) is 11.8. The molecular weight excluding hydrogens is 366 g/mol. The molecule has 23 heavy (non-hydrogen) atoms. The lowest BCUT2D eigenvalue weighted by Gasteiger charge is -2.25. The fourth-order valence-corrected chi connectivity index (χ4v) is 2.53. The first kappa shape index (κ1) is 15.4. The van der Waals surface area contributed by atoms with Crippen molar-refractivity contribution in [2.24, 2.45) is 0 Å². The van der Waals surface area contributed by atoms with Crippen LogP contribution in [0.2, 0.25) is 0 Å². The Hall–Kier alpha value is -2.54. The van der Waals surface area contributed by atoms with Gasteiger partial charge in [0.2, 0.25) is 6.10 Å². The van der Waals surface area contributed by atoms with Gasteiger partial charge < -0.3 is 19.9 Å². The van der Waals surface area contributed by atoms with Crippen molar-refractivity contribution in [3.05, 3.63) is 52.5 Å². The summed E-state index contributed by atoms with van der Waals surface area (Å²) in [6.07, 6.45) is -0.852. The van der Waals surface area contributed by atoms with E-state index in [1.165, 1.54) is 12.1 Å². The summed E-state index contributed by atoms with van der Waals surface area (Å²) in [7, 11) is 0. The molecule has 0 aromatic heterocycles. The van der Waals surface area contributed by atoms with Crippen LogP contribution in [0.4, 0.5) is 5.69 Å². The average molecular weight is 378 g/mol. The van der Waals surface area contributed by atoms with Gasteiger partial charge in [-0.2, -0.15) is 0 Å². The van der Waals surface area contributed by atoms with Gasteiger partial charge in [-0.05, 0) is 30.3 Å². The van der Waals surface area contributed by atoms with Gasteiger partial charge in [0.05, 0.1) is 11.3 Å². The number of ether oxygens (including phenoxy) is 2. The van der Waals surface area contributed by atoms with Crippen LogP contribution < -0.4 is 14.8 Å². The third kappa shape index (κ3) is 3.29. The van der Waals surface area contributed by atoms with E-state index in [4.69, 9.17) is 9.47 Å². The van der Waals surface area contributed by atoms with E-state index in [0.717, 1.165) is 0 Å². The zero-order chi connectivity index (χ0) is 16.4. The Morgan fingerprint density at radius 2 is 1.91 bits per heavy atom. The van der Waals surface area contributed by atoms with Crippen molar-refractivity contribution in [3.8, 4) is 11.5 Å². The third-order valence-electron chi connectivity index (χ3n) is 3.27. The molecule has 1 heterocycles. The van der Waals surface area contributed by atoms with Gasteiger partial charge in [0, 0.05) is 4.47 Å². The number of carbonyl (C=O) groups is 2. The average Bonchev–Trinajstić information content (AvgIpc) is 2.55. The SMILES string of the molecule is O=C(O)c1cc(Br)ccc1NC(=O)C1COc2ccccc2O1. The van der Waals surface area contributed by atoms with Gasteiger partial charge in [0.1, 0.15) is 6.61 Å². The summed E-state index contributed by atoms with van der Waals surface area (Å²) in [6, 6.07) is 11.6. The minimum Gasteiger partial charge on any atom is -0.485 e. The number of nitrogens with one attached hydrogen (secondary N) is 1. The molecule has 1 atom stereocenters. The minimum atomic E-state index is -1.13. The van der Waals surface area contributed by atoms with Crippen LogP contribution in [0, 0.1) is 0 Å². The van der Waals surface area contributed by atoms with Crippen LogP contribution >= 0.6 is 15.9 Å². The van der Waals surface area contributed by atoms with Gasteiger partial charge >= 0.3 is 5.97 Å². The molecule has 0 spiro atoms. The largest absolute Gasteiger partial charge is 0.485 e. The number of para-hydroxylation sites is 2. The molecule has 118 valence electrons. The summed E-state index contributed by atoms with van der Waals surface area (Å²) in [4.78, 5) is 23.6. The van der Waals surface area contributed by atoms with Crippen molar-refractivity contribution in [1.82, 2.24) is 0 Å². The van der Waals surface area contributed by atoms with E-state index >= 15 is 0 Å². The number of carboxylic acid groups (broad SMARTS) is 1. The molecule has 0 saturated heterocycles. The maximum atomic E-state index is 12.3. The Labute approximate surface area is 140 Å². The van der Waals surface area contributed by atoms with Gasteiger partial charge in [0.15, 0.2) is 11.5 Å². The Morgan fingerprint density at radius 1 is 1.17 bits per heavy atom. The second-order valence-electron chi connectivity index (χ2n) is 4.85. The maximum Gasteiger partial charge on any atom is 0.337 e. The fraction of sp³-hybridized carbons (Fsp3) is 0.125. The highest BCUT2D eigenvalue weighted by atomic mass is 79.9. The first-order valence-corrected chi connectivity index (χ1v) is 7.56. The smallest absolute Gasteiger partial charge is 0.337 e. The summed E-state index contributed by atoms with van der Waals surface area (Å²) >= 11 is 3.20. The van der Waals surface area contributed by atoms with Gasteiger partial charge in [-0.1, -0.05) is 28.1 Å². The lowest BCUT2D eigenvalue weighted by atomic mass is 10.1. The number of carboxylic acids is 1. The molecule has 0 aliphatic carbocycles. The number of rotatable bonds is 3. The van der Waals surface area contributed by atoms with Crippen LogP contribution in [0.3, 0.4) is 0 Å². The maximum absolute atomic E-state index is 12.3. The molecule has 1 aliphatic rings. The van der Waals surface area contributed by atoms with Crippen LogP contribution in [-0.2, 0) is 4.79 Å². The van der Waals surface area contributed by atoms with Crippen molar-refractivity contribution in [2.45, 2.75) is 6.10 Å². The van der Waals surface area contributed by atoms with Crippen LogP contribution in [0.1, 0.15) is 10.4 Å². The second-order valence-corrected chi connectivity index (χ2v) is 5.76. The van der Waals surface area contributed by atoms with E-state index in [-0.39, 0.29) is 17.9 Å². The first-order valence-electron chi connectivity index (χ1n) is 6.77. The molecule has 2 aromatic carbocycles. The quantitative estimate of drug-likeness (QED) is 0.858. The Balaban J connectivity index is 1.77. The van der Waals surface area contributed by atoms with E-state index in [1.54, 1.807) is 24.3 Å². The molecule has 3 rings (SSSR count). The number of carbonyl (C=O) groups excluding carboxylic acids is 1. The minimum absolute atomic E-state index is 0.00940. The normalized spacial score (nSPS) is 15.8. The molecule has 0 saturated carbocycles. The van der Waals surface area contributed by atoms with Gasteiger partial charge in [-0.3, -0.25) is 4.79 Å². The molecule has 1 unspecified atom stereocenters. The second kappa shape index (κ2) is 6.29. The number of amides is 1. The van der Waals surface area contributed by atoms with Crippen LogP contribution in [0.5, 0.6) is 11.5 Å². The molecule has 2 aromatic rings. The van der Waals surface area contributed by atoms with Crippen LogP contribution in [0.15, 0.2) is 46.9 Å². The van der Waals surface area contributed by atoms with Gasteiger partial charge in [-0.25, -0.2) is 4.79 Å². The van der Waals surface area contributed by atoms with Crippen LogP contribution in [-0.4, -0.2) is 29.7 Å². The predicted molar refractivity (Wildman–Crippen MR) is 86.1 cm³/mol. The van der Waals surface area contributed by atoms with E-state index in [2.05, 4.69) is 21.2 Å². The molecule has 6 nitrogen and oxygen atoms in total. The summed E-state index contributed by atoms with van der Waals surface area (Å²) < 4.78 is 11.7. The number of fused-ring (bicyclic) bond motifs is 1. The molecule has 0 bridgehead atoms. The van der Waals surface area contributed by atoms with Crippen molar-refractivity contribution in [2.75, 3.05) is 11.9 Å². The van der Waals surface area contributed by atoms with E-state index in [0.29, 0.717) is 16.0 Å². The number of anilines is 1. The highest BCUT2D eigenvalue weighted by Gasteiger charge is 2.28. The van der Waals surface area contributed by atoms with Crippen molar-refractivity contribution in [3.63, 3.8) is 0 Å². The highest BCUT2D eigenvalue weighted by molar-refractivity contribution is 9.10. The lowest BCUT2D eigenvalue weighted by Crippen LogP contribution is -2.40. The Kier molecular flexibility index (Phi) is 4.20. The van der Waals surface area contributed by atoms with Crippen LogP contribution in [0.25, 0.3) is 0 Å². The number of hydrogen-bond acceptors (Lipinski definition) is 4. The Bertz CT molecular complexity index is 777. The zero-order valence-corrected chi connectivity index (χ0v) is 13.4. The monoisotopic (exact) mass is 377 g/mol.